The average molecular weight is 330 g/mol. The largest absolute Gasteiger partial charge is 0.444 e. The number of anilines is 1. The quantitative estimate of drug-likeness (QED) is 0.739. The summed E-state index contributed by atoms with van der Waals surface area (Å²) in [6, 6.07) is 9.23. The fourth-order valence-corrected chi connectivity index (χ4v) is 2.62. The second kappa shape index (κ2) is 7.38. The second-order valence-electron chi connectivity index (χ2n) is 6.88. The molecular weight excluding hydrogens is 304 g/mol. The molecule has 130 valence electrons. The molecule has 2 rings (SSSR count). The van der Waals surface area contributed by atoms with Gasteiger partial charge in [-0.1, -0.05) is 18.2 Å². The summed E-state index contributed by atoms with van der Waals surface area (Å²) in [7, 11) is 0. The Labute approximate surface area is 143 Å². The van der Waals surface area contributed by atoms with Crippen molar-refractivity contribution in [1.82, 2.24) is 4.90 Å². The number of ether oxygens (including phenoxy) is 1. The van der Waals surface area contributed by atoms with Gasteiger partial charge in [-0.3, -0.25) is 4.90 Å². The highest BCUT2D eigenvalue weighted by Gasteiger charge is 2.34. The van der Waals surface area contributed by atoms with Gasteiger partial charge in [0, 0.05) is 18.3 Å². The SMILES string of the molecule is CC(C)(C)OC(=O)N1CCCC1C(=N)/C=C(/N)Nc1ccccc1. The average Bonchev–Trinajstić information content (AvgIpc) is 2.96. The first-order valence-corrected chi connectivity index (χ1v) is 8.13. The molecule has 0 aromatic heterocycles. The number of benzene rings is 1. The minimum Gasteiger partial charge on any atom is -0.444 e. The van der Waals surface area contributed by atoms with Gasteiger partial charge < -0.3 is 21.2 Å². The van der Waals surface area contributed by atoms with Crippen LogP contribution in [0.3, 0.4) is 0 Å². The molecule has 24 heavy (non-hydrogen) atoms. The maximum Gasteiger partial charge on any atom is 0.410 e. The van der Waals surface area contributed by atoms with E-state index < -0.39 is 5.60 Å². The Morgan fingerprint density at radius 2 is 2.04 bits per heavy atom. The Bertz CT molecular complexity index is 620. The van der Waals surface area contributed by atoms with Gasteiger partial charge in [0.15, 0.2) is 0 Å². The van der Waals surface area contributed by atoms with E-state index in [0.717, 1.165) is 18.5 Å². The van der Waals surface area contributed by atoms with Gasteiger partial charge in [0.05, 0.1) is 11.8 Å². The number of carbonyl (C=O) groups is 1. The lowest BCUT2D eigenvalue weighted by molar-refractivity contribution is 0.0266. The lowest BCUT2D eigenvalue weighted by atomic mass is 10.1. The first-order valence-electron chi connectivity index (χ1n) is 8.13. The number of nitrogens with zero attached hydrogens (tertiary/aromatic N) is 1. The third-order valence-corrected chi connectivity index (χ3v) is 3.61. The van der Waals surface area contributed by atoms with Crippen molar-refractivity contribution in [3.05, 3.63) is 42.2 Å². The van der Waals surface area contributed by atoms with Crippen molar-refractivity contribution in [1.29, 1.82) is 5.41 Å². The van der Waals surface area contributed by atoms with Crippen LogP contribution in [0.4, 0.5) is 10.5 Å². The van der Waals surface area contributed by atoms with Crippen LogP contribution in [0.15, 0.2) is 42.2 Å². The third-order valence-electron chi connectivity index (χ3n) is 3.61. The molecule has 1 aliphatic rings. The van der Waals surface area contributed by atoms with Crippen LogP contribution in [0.5, 0.6) is 0 Å². The van der Waals surface area contributed by atoms with E-state index in [2.05, 4.69) is 5.32 Å². The molecule has 1 aromatic carbocycles. The Balaban J connectivity index is 2.02. The summed E-state index contributed by atoms with van der Waals surface area (Å²) in [5.41, 5.74) is 6.59. The molecule has 1 amide bonds. The van der Waals surface area contributed by atoms with Crippen LogP contribution in [0.2, 0.25) is 0 Å². The molecule has 6 nitrogen and oxygen atoms in total. The standard InChI is InChI=1S/C18H26N4O2/c1-18(2,3)24-17(23)22-11-7-10-15(22)14(19)12-16(20)21-13-8-5-4-6-9-13/h4-6,8-9,12,15,19,21H,7,10-11,20H2,1-3H3/b16-12-,19-14?. The summed E-state index contributed by atoms with van der Waals surface area (Å²) in [6.07, 6.45) is 2.79. The van der Waals surface area contributed by atoms with Gasteiger partial charge in [-0.05, 0) is 45.7 Å². The lowest BCUT2D eigenvalue weighted by Gasteiger charge is -2.28. The normalized spacial score (nSPS) is 18.4. The van der Waals surface area contributed by atoms with Gasteiger partial charge >= 0.3 is 6.09 Å². The molecule has 6 heteroatoms. The number of rotatable bonds is 4. The fraction of sp³-hybridized carbons (Fsp3) is 0.444. The predicted octanol–water partition coefficient (Wildman–Crippen LogP) is 3.32. The van der Waals surface area contributed by atoms with Gasteiger partial charge in [0.1, 0.15) is 11.4 Å². The van der Waals surface area contributed by atoms with Crippen molar-refractivity contribution < 1.29 is 9.53 Å². The van der Waals surface area contributed by atoms with Gasteiger partial charge in [0.25, 0.3) is 0 Å². The van der Waals surface area contributed by atoms with Gasteiger partial charge in [-0.25, -0.2) is 4.79 Å². The molecule has 0 radical (unpaired) electrons. The minimum absolute atomic E-state index is 0.295. The van der Waals surface area contributed by atoms with E-state index in [1.807, 2.05) is 51.1 Å². The number of nitrogens with two attached hydrogens (primary N) is 1. The Morgan fingerprint density at radius 1 is 1.38 bits per heavy atom. The number of para-hydroxylation sites is 1. The molecule has 1 aliphatic heterocycles. The van der Waals surface area contributed by atoms with E-state index in [1.54, 1.807) is 11.0 Å². The topological polar surface area (TPSA) is 91.4 Å². The summed E-state index contributed by atoms with van der Waals surface area (Å²) in [6.45, 7) is 6.11. The number of hydrogen-bond acceptors (Lipinski definition) is 5. The Morgan fingerprint density at radius 3 is 2.67 bits per heavy atom. The van der Waals surface area contributed by atoms with Crippen LogP contribution in [-0.4, -0.2) is 34.9 Å². The molecule has 1 saturated heterocycles. The van der Waals surface area contributed by atoms with Crippen LogP contribution in [0.25, 0.3) is 0 Å². The van der Waals surface area contributed by atoms with E-state index in [9.17, 15) is 4.79 Å². The zero-order valence-corrected chi connectivity index (χ0v) is 14.5. The molecular formula is C18H26N4O2. The highest BCUT2D eigenvalue weighted by molar-refractivity contribution is 5.99. The van der Waals surface area contributed by atoms with Crippen molar-refractivity contribution in [2.45, 2.75) is 45.3 Å². The fourth-order valence-electron chi connectivity index (χ4n) is 2.62. The zero-order chi connectivity index (χ0) is 17.7. The zero-order valence-electron chi connectivity index (χ0n) is 14.5. The van der Waals surface area contributed by atoms with Crippen LogP contribution >= 0.6 is 0 Å². The van der Waals surface area contributed by atoms with Crippen LogP contribution in [0, 0.1) is 5.41 Å². The second-order valence-corrected chi connectivity index (χ2v) is 6.88. The summed E-state index contributed by atoms with van der Waals surface area (Å²) in [4.78, 5) is 13.9. The van der Waals surface area contributed by atoms with Crippen LogP contribution in [0.1, 0.15) is 33.6 Å². The number of amides is 1. The molecule has 1 heterocycles. The number of nitrogens with one attached hydrogen (secondary N) is 2. The minimum atomic E-state index is -0.545. The Kier molecular flexibility index (Phi) is 5.49. The van der Waals surface area contributed by atoms with E-state index >= 15 is 0 Å². The van der Waals surface area contributed by atoms with Gasteiger partial charge in [-0.2, -0.15) is 0 Å². The number of likely N-dealkylation sites (tertiary alicyclic amines) is 1. The molecule has 0 bridgehead atoms. The highest BCUT2D eigenvalue weighted by Crippen LogP contribution is 2.22. The van der Waals surface area contributed by atoms with Crippen LogP contribution < -0.4 is 11.1 Å². The molecule has 1 fully saturated rings. The summed E-state index contributed by atoms with van der Waals surface area (Å²) in [5, 5.41) is 11.3. The van der Waals surface area contributed by atoms with Crippen molar-refractivity contribution >= 4 is 17.5 Å². The summed E-state index contributed by atoms with van der Waals surface area (Å²) in [5.74, 6) is 0.377. The monoisotopic (exact) mass is 330 g/mol. The molecule has 4 N–H and O–H groups in total. The summed E-state index contributed by atoms with van der Waals surface area (Å²) >= 11 is 0. The van der Waals surface area contributed by atoms with Crippen molar-refractivity contribution in [3.8, 4) is 0 Å². The first kappa shape index (κ1) is 17.8. The smallest absolute Gasteiger partial charge is 0.410 e. The van der Waals surface area contributed by atoms with Crippen LogP contribution in [-0.2, 0) is 4.74 Å². The maximum atomic E-state index is 12.3. The van der Waals surface area contributed by atoms with Gasteiger partial charge in [-0.15, -0.1) is 0 Å². The molecule has 0 spiro atoms. The van der Waals surface area contributed by atoms with Gasteiger partial charge in [0.2, 0.25) is 0 Å². The van der Waals surface area contributed by atoms with Crippen molar-refractivity contribution in [2.75, 3.05) is 11.9 Å². The van der Waals surface area contributed by atoms with E-state index in [0.29, 0.717) is 18.1 Å². The van der Waals surface area contributed by atoms with E-state index in [4.69, 9.17) is 15.9 Å². The lowest BCUT2D eigenvalue weighted by Crippen LogP contribution is -2.43. The third kappa shape index (κ3) is 5.01. The Hall–Kier alpha value is -2.50. The highest BCUT2D eigenvalue weighted by atomic mass is 16.6. The summed E-state index contributed by atoms with van der Waals surface area (Å²) < 4.78 is 5.43. The maximum absolute atomic E-state index is 12.3. The molecule has 1 unspecified atom stereocenters. The molecule has 1 atom stereocenters. The molecule has 0 saturated carbocycles. The van der Waals surface area contributed by atoms with E-state index in [-0.39, 0.29) is 12.1 Å². The van der Waals surface area contributed by atoms with Crippen molar-refractivity contribution in [3.63, 3.8) is 0 Å². The van der Waals surface area contributed by atoms with E-state index in [1.165, 1.54) is 0 Å². The number of carbonyl (C=O) groups excluding carboxylic acids is 1. The van der Waals surface area contributed by atoms with Crippen molar-refractivity contribution in [2.24, 2.45) is 5.73 Å². The molecule has 1 aromatic rings. The first-order chi connectivity index (χ1) is 11.3. The predicted molar refractivity (Wildman–Crippen MR) is 96.0 cm³/mol. The molecule has 0 aliphatic carbocycles. The number of hydrogen-bond donors (Lipinski definition) is 3.